The van der Waals surface area contributed by atoms with Gasteiger partial charge in [0, 0.05) is 42.6 Å². The Morgan fingerprint density at radius 3 is 2.59 bits per heavy atom. The van der Waals surface area contributed by atoms with Crippen LogP contribution in [0, 0.1) is 6.92 Å². The van der Waals surface area contributed by atoms with E-state index >= 15 is 0 Å². The molecule has 0 radical (unpaired) electrons. The van der Waals surface area contributed by atoms with Crippen LogP contribution in [-0.4, -0.2) is 37.8 Å². The maximum absolute atomic E-state index is 13.5. The number of alkyl halides is 2. The largest absolute Gasteiger partial charge is 0.471 e. The number of hydrogen-bond donors (Lipinski definition) is 2. The van der Waals surface area contributed by atoms with Gasteiger partial charge in [-0.1, -0.05) is 27.2 Å². The SMILES string of the molecule is CCCc1cc(C)[nH]c(=O)c1CNC(=O)c1cc(-c2ccc(OCC(C)(F)F)nc2)cc2c(C(C)C)ncn12. The summed E-state index contributed by atoms with van der Waals surface area (Å²) < 4.78 is 33.1. The lowest BCUT2D eigenvalue weighted by atomic mass is 10.0. The molecule has 0 aliphatic carbocycles. The number of nitrogens with one attached hydrogen (secondary N) is 2. The van der Waals surface area contributed by atoms with Crippen LogP contribution in [0.4, 0.5) is 8.78 Å². The average molecular weight is 538 g/mol. The number of aromatic amines is 1. The topological polar surface area (TPSA) is 101 Å². The Bertz CT molecular complexity index is 1540. The minimum absolute atomic E-state index is 0.0802. The van der Waals surface area contributed by atoms with Crippen molar-refractivity contribution in [3.63, 3.8) is 0 Å². The summed E-state index contributed by atoms with van der Waals surface area (Å²) in [5, 5.41) is 2.91. The molecule has 39 heavy (non-hydrogen) atoms. The predicted octanol–water partition coefficient (Wildman–Crippen LogP) is 5.43. The lowest BCUT2D eigenvalue weighted by Crippen LogP contribution is -2.29. The lowest BCUT2D eigenvalue weighted by molar-refractivity contribution is -0.0242. The van der Waals surface area contributed by atoms with E-state index in [2.05, 4.69) is 20.3 Å². The molecule has 206 valence electrons. The number of rotatable bonds is 10. The molecular weight excluding hydrogens is 504 g/mol. The fourth-order valence-electron chi connectivity index (χ4n) is 4.47. The summed E-state index contributed by atoms with van der Waals surface area (Å²) in [6.07, 6.45) is 4.74. The normalized spacial score (nSPS) is 11.8. The number of aryl methyl sites for hydroxylation is 2. The number of carbonyl (C=O) groups excluding carboxylic acids is 1. The Morgan fingerprint density at radius 2 is 1.95 bits per heavy atom. The van der Waals surface area contributed by atoms with Crippen LogP contribution >= 0.6 is 0 Å². The number of halogens is 2. The Labute approximate surface area is 225 Å². The Balaban J connectivity index is 1.68. The van der Waals surface area contributed by atoms with E-state index in [1.54, 1.807) is 22.9 Å². The van der Waals surface area contributed by atoms with Gasteiger partial charge < -0.3 is 15.0 Å². The maximum atomic E-state index is 13.5. The molecule has 4 aromatic rings. The molecule has 10 heteroatoms. The van der Waals surface area contributed by atoms with E-state index in [4.69, 9.17) is 4.74 Å². The highest BCUT2D eigenvalue weighted by atomic mass is 19.3. The van der Waals surface area contributed by atoms with E-state index in [0.717, 1.165) is 42.2 Å². The quantitative estimate of drug-likeness (QED) is 0.281. The molecule has 8 nitrogen and oxygen atoms in total. The molecule has 2 N–H and O–H groups in total. The summed E-state index contributed by atoms with van der Waals surface area (Å²) in [5.41, 5.74) is 5.33. The van der Waals surface area contributed by atoms with Gasteiger partial charge in [-0.05, 0) is 54.7 Å². The van der Waals surface area contributed by atoms with Crippen LogP contribution in [0.1, 0.15) is 73.0 Å². The van der Waals surface area contributed by atoms with Crippen molar-refractivity contribution in [3.05, 3.63) is 81.4 Å². The number of ether oxygens (including phenoxy) is 1. The van der Waals surface area contributed by atoms with E-state index in [0.29, 0.717) is 22.4 Å². The number of nitrogens with zero attached hydrogens (tertiary/aromatic N) is 3. The second kappa shape index (κ2) is 11.3. The third kappa shape index (κ3) is 6.50. The molecule has 0 aliphatic heterocycles. The number of H-pyrrole nitrogens is 1. The molecule has 0 unspecified atom stereocenters. The van der Waals surface area contributed by atoms with Crippen molar-refractivity contribution >= 4 is 11.4 Å². The minimum atomic E-state index is -2.97. The number of pyridine rings is 3. The highest BCUT2D eigenvalue weighted by Crippen LogP contribution is 2.28. The molecule has 4 aromatic heterocycles. The number of fused-ring (bicyclic) bond motifs is 1. The molecule has 0 saturated heterocycles. The standard InChI is InChI=1S/C29H33F2N5O3/c1-6-7-19-10-18(4)35-27(37)22(19)14-33-28(38)24-12-21(11-23-26(17(2)3)34-16-36(23)24)20-8-9-25(32-13-20)39-15-29(5,30)31/h8-13,16-17H,6-7,14-15H2,1-5H3,(H,33,38)(H,35,37). The monoisotopic (exact) mass is 537 g/mol. The van der Waals surface area contributed by atoms with Gasteiger partial charge in [-0.25, -0.2) is 18.7 Å². The van der Waals surface area contributed by atoms with Crippen molar-refractivity contribution in [1.29, 1.82) is 0 Å². The molecule has 4 rings (SSSR count). The number of hydrogen-bond acceptors (Lipinski definition) is 5. The van der Waals surface area contributed by atoms with Gasteiger partial charge in [-0.3, -0.25) is 14.0 Å². The van der Waals surface area contributed by atoms with E-state index < -0.39 is 12.5 Å². The Hall–Kier alpha value is -4.08. The Morgan fingerprint density at radius 1 is 1.18 bits per heavy atom. The van der Waals surface area contributed by atoms with Gasteiger partial charge in [-0.2, -0.15) is 0 Å². The second-order valence-electron chi connectivity index (χ2n) is 10.1. The van der Waals surface area contributed by atoms with Gasteiger partial charge in [-0.15, -0.1) is 0 Å². The fourth-order valence-corrected chi connectivity index (χ4v) is 4.47. The smallest absolute Gasteiger partial charge is 0.278 e. The second-order valence-corrected chi connectivity index (χ2v) is 10.1. The van der Waals surface area contributed by atoms with Gasteiger partial charge in [0.05, 0.1) is 11.2 Å². The Kier molecular flexibility index (Phi) is 8.13. The van der Waals surface area contributed by atoms with Crippen LogP contribution in [0.3, 0.4) is 0 Å². The van der Waals surface area contributed by atoms with E-state index in [1.807, 2.05) is 39.8 Å². The number of amides is 1. The third-order valence-corrected chi connectivity index (χ3v) is 6.31. The lowest BCUT2D eigenvalue weighted by Gasteiger charge is -2.14. The summed E-state index contributed by atoms with van der Waals surface area (Å²) in [7, 11) is 0. The molecule has 0 atom stereocenters. The molecule has 0 saturated carbocycles. The first-order valence-corrected chi connectivity index (χ1v) is 12.9. The van der Waals surface area contributed by atoms with E-state index in [9.17, 15) is 18.4 Å². The molecular formula is C29H33F2N5O3. The van der Waals surface area contributed by atoms with Crippen LogP contribution < -0.4 is 15.6 Å². The summed E-state index contributed by atoms with van der Waals surface area (Å²) in [5.74, 6) is -3.15. The van der Waals surface area contributed by atoms with Crippen LogP contribution in [0.2, 0.25) is 0 Å². The highest BCUT2D eigenvalue weighted by Gasteiger charge is 2.22. The fraction of sp³-hybridized carbons (Fsp3) is 0.379. The first-order valence-electron chi connectivity index (χ1n) is 12.9. The first kappa shape index (κ1) is 27.9. The molecule has 0 bridgehead atoms. The van der Waals surface area contributed by atoms with Gasteiger partial charge >= 0.3 is 0 Å². The molecule has 0 aromatic carbocycles. The first-order chi connectivity index (χ1) is 18.5. The van der Waals surface area contributed by atoms with Gasteiger partial charge in [0.1, 0.15) is 12.0 Å². The molecule has 4 heterocycles. The van der Waals surface area contributed by atoms with Gasteiger partial charge in [0.25, 0.3) is 17.4 Å². The maximum Gasteiger partial charge on any atom is 0.278 e. The van der Waals surface area contributed by atoms with Crippen molar-refractivity contribution in [1.82, 2.24) is 24.7 Å². The number of imidazole rings is 1. The molecule has 1 amide bonds. The van der Waals surface area contributed by atoms with E-state index in [1.165, 1.54) is 12.3 Å². The molecule has 0 fully saturated rings. The average Bonchev–Trinajstić information content (AvgIpc) is 3.31. The number of carbonyl (C=O) groups is 1. The van der Waals surface area contributed by atoms with Crippen molar-refractivity contribution in [2.45, 2.75) is 65.8 Å². The van der Waals surface area contributed by atoms with Gasteiger partial charge in [0.15, 0.2) is 6.61 Å². The van der Waals surface area contributed by atoms with Crippen LogP contribution in [0.15, 0.2) is 47.7 Å². The van der Waals surface area contributed by atoms with Crippen molar-refractivity contribution in [2.75, 3.05) is 6.61 Å². The van der Waals surface area contributed by atoms with Crippen LogP contribution in [0.5, 0.6) is 5.88 Å². The molecule has 0 spiro atoms. The zero-order chi connectivity index (χ0) is 28.3. The predicted molar refractivity (Wildman–Crippen MR) is 146 cm³/mol. The van der Waals surface area contributed by atoms with Crippen molar-refractivity contribution in [2.24, 2.45) is 0 Å². The van der Waals surface area contributed by atoms with Crippen LogP contribution in [-0.2, 0) is 13.0 Å². The zero-order valence-corrected chi connectivity index (χ0v) is 22.8. The zero-order valence-electron chi connectivity index (χ0n) is 22.8. The summed E-state index contributed by atoms with van der Waals surface area (Å²) >= 11 is 0. The third-order valence-electron chi connectivity index (χ3n) is 6.31. The minimum Gasteiger partial charge on any atom is -0.471 e. The van der Waals surface area contributed by atoms with Crippen LogP contribution in [0.25, 0.3) is 16.6 Å². The summed E-state index contributed by atoms with van der Waals surface area (Å²) in [4.78, 5) is 37.7. The number of aromatic nitrogens is 4. The summed E-state index contributed by atoms with van der Waals surface area (Å²) in [6, 6.07) is 8.80. The van der Waals surface area contributed by atoms with Crippen molar-refractivity contribution in [3.8, 4) is 17.0 Å². The van der Waals surface area contributed by atoms with Gasteiger partial charge in [0.2, 0.25) is 5.88 Å². The van der Waals surface area contributed by atoms with E-state index in [-0.39, 0.29) is 29.8 Å². The molecule has 0 aliphatic rings. The highest BCUT2D eigenvalue weighted by molar-refractivity contribution is 5.95. The van der Waals surface area contributed by atoms with Crippen molar-refractivity contribution < 1.29 is 18.3 Å². The summed E-state index contributed by atoms with van der Waals surface area (Å²) in [6.45, 7) is 8.00.